The summed E-state index contributed by atoms with van der Waals surface area (Å²) in [7, 11) is -3.55. The Labute approximate surface area is 165 Å². The summed E-state index contributed by atoms with van der Waals surface area (Å²) < 4.78 is 27.7. The van der Waals surface area contributed by atoms with Crippen LogP contribution in [0.2, 0.25) is 9.36 Å². The molecule has 0 atom stereocenters. The molecule has 0 saturated carbocycles. The van der Waals surface area contributed by atoms with Gasteiger partial charge in [0.15, 0.2) is 5.82 Å². The number of rotatable bonds is 3. The van der Waals surface area contributed by atoms with Crippen LogP contribution in [-0.2, 0) is 23.0 Å². The van der Waals surface area contributed by atoms with Crippen LogP contribution in [0.4, 0.5) is 0 Å². The van der Waals surface area contributed by atoms with E-state index in [0.717, 1.165) is 28.2 Å². The van der Waals surface area contributed by atoms with Gasteiger partial charge in [0.05, 0.1) is 10.0 Å². The Kier molecular flexibility index (Phi) is 4.75. The number of hydrogen-bond acceptors (Lipinski definition) is 5. The molecule has 0 saturated heterocycles. The van der Waals surface area contributed by atoms with E-state index in [4.69, 9.17) is 23.2 Å². The molecule has 4 rings (SSSR count). The van der Waals surface area contributed by atoms with Gasteiger partial charge in [-0.1, -0.05) is 23.2 Å². The SMILES string of the molecule is O=S(=O)(c1ccc(Cl)s1)N1CCc2nc(-c3ccc(Cl)cc3)ncc2C1. The lowest BCUT2D eigenvalue weighted by Crippen LogP contribution is -2.36. The zero-order valence-corrected chi connectivity index (χ0v) is 16.5. The maximum atomic E-state index is 12.8. The first kappa shape index (κ1) is 17.9. The van der Waals surface area contributed by atoms with Gasteiger partial charge in [0.2, 0.25) is 0 Å². The van der Waals surface area contributed by atoms with Crippen LogP contribution in [0.25, 0.3) is 11.4 Å². The minimum absolute atomic E-state index is 0.254. The lowest BCUT2D eigenvalue weighted by atomic mass is 10.1. The summed E-state index contributed by atoms with van der Waals surface area (Å²) in [6, 6.07) is 10.4. The molecule has 0 bridgehead atoms. The molecular weight excluding hydrogens is 413 g/mol. The zero-order valence-electron chi connectivity index (χ0n) is 13.4. The van der Waals surface area contributed by atoms with Crippen molar-refractivity contribution in [3.8, 4) is 11.4 Å². The third-order valence-corrected chi connectivity index (χ3v) is 7.94. The van der Waals surface area contributed by atoms with Gasteiger partial charge in [-0.3, -0.25) is 0 Å². The van der Waals surface area contributed by atoms with Crippen molar-refractivity contribution in [2.24, 2.45) is 0 Å². The van der Waals surface area contributed by atoms with Gasteiger partial charge in [-0.15, -0.1) is 11.3 Å². The smallest absolute Gasteiger partial charge is 0.236 e. The van der Waals surface area contributed by atoms with Crippen LogP contribution in [0.5, 0.6) is 0 Å². The first-order valence-electron chi connectivity index (χ1n) is 7.80. The van der Waals surface area contributed by atoms with Crippen molar-refractivity contribution in [1.82, 2.24) is 14.3 Å². The first-order chi connectivity index (χ1) is 12.4. The Morgan fingerprint density at radius 2 is 1.85 bits per heavy atom. The standard InChI is InChI=1S/C17H13Cl2N3O2S2/c18-13-3-1-11(2-4-13)17-20-9-12-10-22(8-7-14(12)21-17)26(23,24)16-6-5-15(19)25-16/h1-6,9H,7-8,10H2. The van der Waals surface area contributed by atoms with Crippen molar-refractivity contribution in [3.05, 3.63) is 63.2 Å². The molecule has 1 aliphatic rings. The topological polar surface area (TPSA) is 63.2 Å². The molecule has 3 aromatic rings. The third-order valence-electron chi connectivity index (χ3n) is 4.14. The van der Waals surface area contributed by atoms with Crippen molar-refractivity contribution in [3.63, 3.8) is 0 Å². The Balaban J connectivity index is 1.61. The van der Waals surface area contributed by atoms with Crippen molar-refractivity contribution < 1.29 is 8.42 Å². The fourth-order valence-electron chi connectivity index (χ4n) is 2.80. The maximum Gasteiger partial charge on any atom is 0.252 e. The van der Waals surface area contributed by atoms with Gasteiger partial charge < -0.3 is 0 Å². The van der Waals surface area contributed by atoms with Crippen molar-refractivity contribution in [1.29, 1.82) is 0 Å². The van der Waals surface area contributed by atoms with E-state index < -0.39 is 10.0 Å². The van der Waals surface area contributed by atoms with Crippen LogP contribution >= 0.6 is 34.5 Å². The van der Waals surface area contributed by atoms with Gasteiger partial charge in [-0.2, -0.15) is 4.31 Å². The van der Waals surface area contributed by atoms with E-state index in [1.54, 1.807) is 24.4 Å². The molecule has 0 N–H and O–H groups in total. The zero-order chi connectivity index (χ0) is 18.3. The van der Waals surface area contributed by atoms with E-state index in [2.05, 4.69) is 9.97 Å². The molecule has 2 aromatic heterocycles. The van der Waals surface area contributed by atoms with E-state index >= 15 is 0 Å². The molecule has 0 fully saturated rings. The molecule has 0 unspecified atom stereocenters. The summed E-state index contributed by atoms with van der Waals surface area (Å²) >= 11 is 12.9. The highest BCUT2D eigenvalue weighted by Crippen LogP contribution is 2.31. The van der Waals surface area contributed by atoms with Crippen LogP contribution in [0.3, 0.4) is 0 Å². The van der Waals surface area contributed by atoms with Crippen LogP contribution in [0, 0.1) is 0 Å². The molecule has 0 amide bonds. The summed E-state index contributed by atoms with van der Waals surface area (Å²) in [6.07, 6.45) is 2.24. The third kappa shape index (κ3) is 3.37. The Hall–Kier alpha value is -1.51. The van der Waals surface area contributed by atoms with Crippen LogP contribution in [0.15, 0.2) is 46.8 Å². The van der Waals surface area contributed by atoms with Gasteiger partial charge >= 0.3 is 0 Å². The van der Waals surface area contributed by atoms with Gasteiger partial charge in [-0.05, 0) is 36.4 Å². The molecule has 3 heterocycles. The molecular formula is C17H13Cl2N3O2S2. The lowest BCUT2D eigenvalue weighted by molar-refractivity contribution is 0.388. The number of aromatic nitrogens is 2. The van der Waals surface area contributed by atoms with Gasteiger partial charge in [-0.25, -0.2) is 18.4 Å². The van der Waals surface area contributed by atoms with Crippen LogP contribution in [-0.4, -0.2) is 29.2 Å². The minimum Gasteiger partial charge on any atom is -0.236 e. The van der Waals surface area contributed by atoms with E-state index in [-0.39, 0.29) is 10.8 Å². The van der Waals surface area contributed by atoms with E-state index in [1.165, 1.54) is 10.4 Å². The fourth-order valence-corrected chi connectivity index (χ4v) is 5.98. The number of fused-ring (bicyclic) bond motifs is 1. The number of benzene rings is 1. The number of hydrogen-bond donors (Lipinski definition) is 0. The van der Waals surface area contributed by atoms with Crippen molar-refractivity contribution in [2.75, 3.05) is 6.54 Å². The predicted molar refractivity (Wildman–Crippen MR) is 103 cm³/mol. The lowest BCUT2D eigenvalue weighted by Gasteiger charge is -2.26. The molecule has 1 aliphatic heterocycles. The average molecular weight is 426 g/mol. The molecule has 5 nitrogen and oxygen atoms in total. The molecule has 0 radical (unpaired) electrons. The highest BCUT2D eigenvalue weighted by molar-refractivity contribution is 7.91. The van der Waals surface area contributed by atoms with E-state index in [1.807, 2.05) is 12.1 Å². The number of thiophene rings is 1. The molecule has 9 heteroatoms. The number of halogens is 2. The average Bonchev–Trinajstić information content (AvgIpc) is 3.09. The second-order valence-corrected chi connectivity index (χ2v) is 10.1. The molecule has 134 valence electrons. The predicted octanol–water partition coefficient (Wildman–Crippen LogP) is 4.26. The summed E-state index contributed by atoms with van der Waals surface area (Å²) in [5.74, 6) is 0.613. The quantitative estimate of drug-likeness (QED) is 0.628. The van der Waals surface area contributed by atoms with Gasteiger partial charge in [0.1, 0.15) is 4.21 Å². The monoisotopic (exact) mass is 425 g/mol. The largest absolute Gasteiger partial charge is 0.252 e. The number of sulfonamides is 1. The summed E-state index contributed by atoms with van der Waals surface area (Å²) in [6.45, 7) is 0.635. The summed E-state index contributed by atoms with van der Waals surface area (Å²) in [4.78, 5) is 9.00. The van der Waals surface area contributed by atoms with Crippen LogP contribution in [0.1, 0.15) is 11.3 Å². The second kappa shape index (κ2) is 6.90. The van der Waals surface area contributed by atoms with Gasteiger partial charge in [0, 0.05) is 41.9 Å². The molecule has 0 spiro atoms. The number of nitrogens with zero attached hydrogens (tertiary/aromatic N) is 3. The maximum absolute atomic E-state index is 12.8. The van der Waals surface area contributed by atoms with E-state index in [0.29, 0.717) is 28.1 Å². The summed E-state index contributed by atoms with van der Waals surface area (Å²) in [5.41, 5.74) is 2.57. The Morgan fingerprint density at radius 1 is 1.08 bits per heavy atom. The van der Waals surface area contributed by atoms with Crippen LogP contribution < -0.4 is 0 Å². The molecule has 0 aliphatic carbocycles. The minimum atomic E-state index is -3.55. The normalized spacial score (nSPS) is 15.0. The van der Waals surface area contributed by atoms with Gasteiger partial charge in [0.25, 0.3) is 10.0 Å². The van der Waals surface area contributed by atoms with Crippen molar-refractivity contribution in [2.45, 2.75) is 17.2 Å². The summed E-state index contributed by atoms with van der Waals surface area (Å²) in [5, 5.41) is 0.654. The van der Waals surface area contributed by atoms with Crippen molar-refractivity contribution >= 4 is 44.6 Å². The second-order valence-electron chi connectivity index (χ2n) is 5.82. The molecule has 26 heavy (non-hydrogen) atoms. The Morgan fingerprint density at radius 3 is 2.54 bits per heavy atom. The molecule has 1 aromatic carbocycles. The van der Waals surface area contributed by atoms with E-state index in [9.17, 15) is 8.42 Å². The highest BCUT2D eigenvalue weighted by Gasteiger charge is 2.30. The fraction of sp³-hybridized carbons (Fsp3) is 0.176. The highest BCUT2D eigenvalue weighted by atomic mass is 35.5. The first-order valence-corrected chi connectivity index (χ1v) is 10.8. The Bertz CT molecular complexity index is 1070.